The molecule has 0 amide bonds. The first-order valence-corrected chi connectivity index (χ1v) is 9.38. The number of aromatic carboxylic acids is 1. The van der Waals surface area contributed by atoms with Crippen LogP contribution in [0.3, 0.4) is 0 Å². The topological polar surface area (TPSA) is 74.7 Å². The van der Waals surface area contributed by atoms with Crippen LogP contribution in [0.15, 0.2) is 65.6 Å². The SMILES string of the molecule is CN(c1ccc(C(=O)O)c2ccccc12)S(=O)(=O)c1ccc(C(F)(F)F)cc1. The zero-order chi connectivity index (χ0) is 20.7. The molecule has 0 unspecified atom stereocenters. The van der Waals surface area contributed by atoms with E-state index in [0.29, 0.717) is 22.9 Å². The molecule has 0 saturated heterocycles. The Bertz CT molecular complexity index is 1160. The molecule has 5 nitrogen and oxygen atoms in total. The quantitative estimate of drug-likeness (QED) is 0.694. The molecule has 0 spiro atoms. The van der Waals surface area contributed by atoms with Crippen LogP contribution >= 0.6 is 0 Å². The highest BCUT2D eigenvalue weighted by molar-refractivity contribution is 7.92. The molecule has 0 atom stereocenters. The Balaban J connectivity index is 2.10. The summed E-state index contributed by atoms with van der Waals surface area (Å²) in [6.07, 6.45) is -4.57. The average molecular weight is 409 g/mol. The summed E-state index contributed by atoms with van der Waals surface area (Å²) in [7, 11) is -2.90. The summed E-state index contributed by atoms with van der Waals surface area (Å²) in [5.74, 6) is -1.16. The van der Waals surface area contributed by atoms with E-state index >= 15 is 0 Å². The second-order valence-electron chi connectivity index (χ2n) is 5.98. The number of nitrogens with zero attached hydrogens (tertiary/aromatic N) is 1. The molecule has 3 aromatic carbocycles. The van der Waals surface area contributed by atoms with Gasteiger partial charge >= 0.3 is 12.1 Å². The Hall–Kier alpha value is -3.07. The van der Waals surface area contributed by atoms with E-state index in [2.05, 4.69) is 0 Å². The summed E-state index contributed by atoms with van der Waals surface area (Å²) >= 11 is 0. The van der Waals surface area contributed by atoms with Crippen LogP contribution in [-0.4, -0.2) is 26.5 Å². The average Bonchev–Trinajstić information content (AvgIpc) is 2.65. The third-order valence-corrected chi connectivity index (χ3v) is 6.10. The van der Waals surface area contributed by atoms with Crippen molar-refractivity contribution in [2.75, 3.05) is 11.4 Å². The van der Waals surface area contributed by atoms with E-state index in [1.807, 2.05) is 0 Å². The Labute approximate surface area is 158 Å². The van der Waals surface area contributed by atoms with Crippen molar-refractivity contribution in [2.24, 2.45) is 0 Å². The van der Waals surface area contributed by atoms with Gasteiger partial charge in [0.25, 0.3) is 10.0 Å². The second kappa shape index (κ2) is 6.83. The minimum atomic E-state index is -4.57. The first-order valence-electron chi connectivity index (χ1n) is 7.94. The largest absolute Gasteiger partial charge is 0.478 e. The Morgan fingerprint density at radius 2 is 1.50 bits per heavy atom. The summed E-state index contributed by atoms with van der Waals surface area (Å²) in [5.41, 5.74) is -0.731. The van der Waals surface area contributed by atoms with Crippen LogP contribution in [0.5, 0.6) is 0 Å². The smallest absolute Gasteiger partial charge is 0.416 e. The van der Waals surface area contributed by atoms with Gasteiger partial charge in [-0.2, -0.15) is 13.2 Å². The van der Waals surface area contributed by atoms with E-state index < -0.39 is 27.7 Å². The van der Waals surface area contributed by atoms with E-state index in [-0.39, 0.29) is 16.1 Å². The maximum absolute atomic E-state index is 12.9. The molecule has 146 valence electrons. The van der Waals surface area contributed by atoms with Crippen molar-refractivity contribution in [3.8, 4) is 0 Å². The molecule has 3 aromatic rings. The summed E-state index contributed by atoms with van der Waals surface area (Å²) in [6, 6.07) is 12.2. The molecule has 0 aliphatic rings. The summed E-state index contributed by atoms with van der Waals surface area (Å²) in [5, 5.41) is 10.1. The van der Waals surface area contributed by atoms with Crippen LogP contribution in [0.1, 0.15) is 15.9 Å². The van der Waals surface area contributed by atoms with Crippen molar-refractivity contribution >= 4 is 32.5 Å². The number of carboxylic acid groups (broad SMARTS) is 1. The van der Waals surface area contributed by atoms with Crippen molar-refractivity contribution in [2.45, 2.75) is 11.1 Å². The third-order valence-electron chi connectivity index (χ3n) is 4.31. The van der Waals surface area contributed by atoms with Crippen LogP contribution in [0.25, 0.3) is 10.8 Å². The number of anilines is 1. The Morgan fingerprint density at radius 3 is 2.04 bits per heavy atom. The highest BCUT2D eigenvalue weighted by Crippen LogP contribution is 2.33. The lowest BCUT2D eigenvalue weighted by molar-refractivity contribution is -0.137. The van der Waals surface area contributed by atoms with Gasteiger partial charge in [0.15, 0.2) is 0 Å². The number of sulfonamides is 1. The lowest BCUT2D eigenvalue weighted by atomic mass is 10.0. The van der Waals surface area contributed by atoms with Crippen molar-refractivity contribution in [3.63, 3.8) is 0 Å². The molecule has 0 aliphatic carbocycles. The zero-order valence-electron chi connectivity index (χ0n) is 14.4. The summed E-state index contributed by atoms with van der Waals surface area (Å²) in [4.78, 5) is 11.1. The van der Waals surface area contributed by atoms with Gasteiger partial charge in [0.05, 0.1) is 21.7 Å². The van der Waals surface area contributed by atoms with Gasteiger partial charge in [-0.05, 0) is 41.8 Å². The fraction of sp³-hybridized carbons (Fsp3) is 0.105. The van der Waals surface area contributed by atoms with Gasteiger partial charge in [0.1, 0.15) is 0 Å². The molecule has 28 heavy (non-hydrogen) atoms. The lowest BCUT2D eigenvalue weighted by Gasteiger charge is -2.22. The molecule has 0 radical (unpaired) electrons. The molecule has 9 heteroatoms. The highest BCUT2D eigenvalue weighted by atomic mass is 32.2. The van der Waals surface area contributed by atoms with Gasteiger partial charge in [-0.1, -0.05) is 24.3 Å². The minimum Gasteiger partial charge on any atom is -0.478 e. The van der Waals surface area contributed by atoms with Gasteiger partial charge < -0.3 is 5.11 Å². The number of carboxylic acids is 1. The maximum atomic E-state index is 12.9. The molecule has 0 aromatic heterocycles. The van der Waals surface area contributed by atoms with Crippen LogP contribution in [-0.2, 0) is 16.2 Å². The van der Waals surface area contributed by atoms with Crippen molar-refractivity contribution in [3.05, 3.63) is 71.8 Å². The number of carbonyl (C=O) groups is 1. The number of halogens is 3. The molecule has 3 rings (SSSR count). The molecule has 0 fully saturated rings. The maximum Gasteiger partial charge on any atom is 0.416 e. The van der Waals surface area contributed by atoms with Gasteiger partial charge in [0, 0.05) is 12.4 Å². The van der Waals surface area contributed by atoms with E-state index in [4.69, 9.17) is 0 Å². The number of hydrogen-bond acceptors (Lipinski definition) is 3. The van der Waals surface area contributed by atoms with Gasteiger partial charge in [-0.15, -0.1) is 0 Å². The van der Waals surface area contributed by atoms with Crippen LogP contribution in [0, 0.1) is 0 Å². The molecule has 0 saturated carbocycles. The number of alkyl halides is 3. The summed E-state index contributed by atoms with van der Waals surface area (Å²) in [6.45, 7) is 0. The predicted molar refractivity (Wildman–Crippen MR) is 97.9 cm³/mol. The molecule has 0 heterocycles. The monoisotopic (exact) mass is 409 g/mol. The van der Waals surface area contributed by atoms with E-state index in [0.717, 1.165) is 16.4 Å². The zero-order valence-corrected chi connectivity index (χ0v) is 15.3. The normalized spacial score (nSPS) is 12.1. The first-order chi connectivity index (χ1) is 13.0. The fourth-order valence-electron chi connectivity index (χ4n) is 2.85. The van der Waals surface area contributed by atoms with Gasteiger partial charge in [-0.3, -0.25) is 4.31 Å². The van der Waals surface area contributed by atoms with Crippen LogP contribution in [0.2, 0.25) is 0 Å². The highest BCUT2D eigenvalue weighted by Gasteiger charge is 2.31. The minimum absolute atomic E-state index is 0.0136. The van der Waals surface area contributed by atoms with Crippen molar-refractivity contribution in [1.29, 1.82) is 0 Å². The first kappa shape index (κ1) is 19.7. The van der Waals surface area contributed by atoms with E-state index in [1.165, 1.54) is 19.2 Å². The number of hydrogen-bond donors (Lipinski definition) is 1. The summed E-state index contributed by atoms with van der Waals surface area (Å²) < 4.78 is 64.8. The van der Waals surface area contributed by atoms with Crippen LogP contribution in [0.4, 0.5) is 18.9 Å². The molecular formula is C19H14F3NO4S. The number of fused-ring (bicyclic) bond motifs is 1. The molecule has 1 N–H and O–H groups in total. The van der Waals surface area contributed by atoms with E-state index in [1.54, 1.807) is 24.3 Å². The third kappa shape index (κ3) is 3.40. The lowest BCUT2D eigenvalue weighted by Crippen LogP contribution is -2.27. The van der Waals surface area contributed by atoms with Crippen LogP contribution < -0.4 is 4.31 Å². The Morgan fingerprint density at radius 1 is 0.929 bits per heavy atom. The van der Waals surface area contributed by atoms with Crippen molar-refractivity contribution in [1.82, 2.24) is 0 Å². The Kier molecular flexibility index (Phi) is 4.80. The van der Waals surface area contributed by atoms with E-state index in [9.17, 15) is 31.5 Å². The second-order valence-corrected chi connectivity index (χ2v) is 7.95. The van der Waals surface area contributed by atoms with Gasteiger partial charge in [-0.25, -0.2) is 13.2 Å². The molecule has 0 bridgehead atoms. The molecular weight excluding hydrogens is 395 g/mol. The van der Waals surface area contributed by atoms with Gasteiger partial charge in [0.2, 0.25) is 0 Å². The number of rotatable bonds is 4. The molecule has 0 aliphatic heterocycles. The number of benzene rings is 3. The predicted octanol–water partition coefficient (Wildman–Crippen LogP) is 4.38. The standard InChI is InChI=1S/C19H14F3NO4S/c1-23(28(26,27)13-8-6-12(7-9-13)19(20,21)22)17-11-10-16(18(24)25)14-4-2-3-5-15(14)17/h2-11H,1H3,(H,24,25). The van der Waals surface area contributed by atoms with Crippen molar-refractivity contribution < 1.29 is 31.5 Å². The fourth-order valence-corrected chi connectivity index (χ4v) is 4.06.